The van der Waals surface area contributed by atoms with Crippen molar-refractivity contribution in [1.29, 1.82) is 0 Å². The summed E-state index contributed by atoms with van der Waals surface area (Å²) in [5.74, 6) is 0. The molecule has 8 nitrogen and oxygen atoms in total. The van der Waals surface area contributed by atoms with Crippen LogP contribution in [0.2, 0.25) is 5.02 Å². The molecule has 2 unspecified atom stereocenters. The topological polar surface area (TPSA) is 132 Å². The summed E-state index contributed by atoms with van der Waals surface area (Å²) >= 11 is 5.64. The monoisotopic (exact) mass is 286 g/mol. The Kier molecular flexibility index (Phi) is 5.53. The molecular formula is C10H11ClN4O4. The molecule has 0 fully saturated rings. The molecule has 0 heterocycles. The number of aliphatic hydroxyl groups is 2. The fourth-order valence-corrected chi connectivity index (χ4v) is 1.65. The lowest BCUT2D eigenvalue weighted by atomic mass is 10.0. The van der Waals surface area contributed by atoms with Crippen LogP contribution in [0.5, 0.6) is 0 Å². The van der Waals surface area contributed by atoms with Crippen LogP contribution in [0.4, 0.5) is 5.69 Å². The van der Waals surface area contributed by atoms with E-state index in [2.05, 4.69) is 10.0 Å². The van der Waals surface area contributed by atoms with Gasteiger partial charge in [-0.2, -0.15) is 0 Å². The maximum atomic E-state index is 10.7. The number of halogens is 1. The van der Waals surface area contributed by atoms with Crippen LogP contribution in [0.1, 0.15) is 18.1 Å². The minimum absolute atomic E-state index is 0.0183. The Balaban J connectivity index is 2.87. The van der Waals surface area contributed by atoms with Crippen LogP contribution >= 0.6 is 11.6 Å². The first-order chi connectivity index (χ1) is 8.97. The van der Waals surface area contributed by atoms with E-state index in [1.54, 1.807) is 0 Å². The van der Waals surface area contributed by atoms with Crippen LogP contribution in [0.15, 0.2) is 23.3 Å². The van der Waals surface area contributed by atoms with E-state index in [0.717, 1.165) is 6.07 Å². The van der Waals surface area contributed by atoms with Crippen molar-refractivity contribution in [3.05, 3.63) is 49.3 Å². The van der Waals surface area contributed by atoms with E-state index >= 15 is 0 Å². The fourth-order valence-electron chi connectivity index (χ4n) is 1.47. The SMILES string of the molecule is [N-]=[N+]=NCCC(O)C(O)c1ccc(Cl)c([N+](=O)[O-])c1. The molecule has 19 heavy (non-hydrogen) atoms. The molecule has 2 N–H and O–H groups in total. The zero-order valence-electron chi connectivity index (χ0n) is 9.68. The highest BCUT2D eigenvalue weighted by Crippen LogP contribution is 2.29. The highest BCUT2D eigenvalue weighted by atomic mass is 35.5. The number of nitro benzene ring substituents is 1. The summed E-state index contributed by atoms with van der Waals surface area (Å²) in [5, 5.41) is 33.4. The first-order valence-electron chi connectivity index (χ1n) is 5.28. The summed E-state index contributed by atoms with van der Waals surface area (Å²) in [4.78, 5) is 12.5. The van der Waals surface area contributed by atoms with Gasteiger partial charge in [0.2, 0.25) is 0 Å². The Bertz CT molecular complexity index is 518. The smallest absolute Gasteiger partial charge is 0.288 e. The number of nitro groups is 1. The van der Waals surface area contributed by atoms with E-state index in [9.17, 15) is 20.3 Å². The molecule has 0 spiro atoms. The second kappa shape index (κ2) is 6.91. The van der Waals surface area contributed by atoms with Gasteiger partial charge in [-0.05, 0) is 23.6 Å². The molecule has 1 rings (SSSR count). The molecule has 2 atom stereocenters. The van der Waals surface area contributed by atoms with Crippen molar-refractivity contribution in [3.63, 3.8) is 0 Å². The zero-order chi connectivity index (χ0) is 14.4. The minimum atomic E-state index is -1.31. The predicted octanol–water partition coefficient (Wildman–Crippen LogP) is 2.34. The van der Waals surface area contributed by atoms with Crippen molar-refractivity contribution in [2.45, 2.75) is 18.6 Å². The Morgan fingerprint density at radius 2 is 2.21 bits per heavy atom. The molecule has 0 saturated carbocycles. The number of rotatable bonds is 6. The molecule has 0 amide bonds. The van der Waals surface area contributed by atoms with Gasteiger partial charge in [-0.1, -0.05) is 22.8 Å². The molecular weight excluding hydrogens is 276 g/mol. The normalized spacial score (nSPS) is 13.4. The Labute approximate surface area is 113 Å². The van der Waals surface area contributed by atoms with Crippen molar-refractivity contribution in [2.24, 2.45) is 5.11 Å². The number of aliphatic hydroxyl groups excluding tert-OH is 2. The van der Waals surface area contributed by atoms with Crippen LogP contribution in [-0.4, -0.2) is 27.8 Å². The Morgan fingerprint density at radius 3 is 2.79 bits per heavy atom. The van der Waals surface area contributed by atoms with Gasteiger partial charge in [0.25, 0.3) is 5.69 Å². The summed E-state index contributed by atoms with van der Waals surface area (Å²) in [6.07, 6.45) is -2.46. The molecule has 0 aliphatic rings. The predicted molar refractivity (Wildman–Crippen MR) is 67.7 cm³/mol. The van der Waals surface area contributed by atoms with Crippen molar-refractivity contribution >= 4 is 17.3 Å². The Hall–Kier alpha value is -1.86. The van der Waals surface area contributed by atoms with Crippen LogP contribution in [0.25, 0.3) is 10.4 Å². The molecule has 0 aromatic heterocycles. The van der Waals surface area contributed by atoms with Crippen LogP contribution in [0.3, 0.4) is 0 Å². The molecule has 0 radical (unpaired) electrons. The Morgan fingerprint density at radius 1 is 1.53 bits per heavy atom. The highest BCUT2D eigenvalue weighted by molar-refractivity contribution is 6.32. The summed E-state index contributed by atoms with van der Waals surface area (Å²) < 4.78 is 0. The van der Waals surface area contributed by atoms with E-state index in [1.807, 2.05) is 0 Å². The number of hydrogen-bond donors (Lipinski definition) is 2. The van der Waals surface area contributed by atoms with Gasteiger partial charge in [0.15, 0.2) is 0 Å². The average Bonchev–Trinajstić information content (AvgIpc) is 2.38. The third-order valence-corrected chi connectivity index (χ3v) is 2.78. The van der Waals surface area contributed by atoms with E-state index in [0.29, 0.717) is 0 Å². The second-order valence-corrected chi connectivity index (χ2v) is 4.13. The third kappa shape index (κ3) is 4.08. The summed E-state index contributed by atoms with van der Waals surface area (Å²) in [7, 11) is 0. The van der Waals surface area contributed by atoms with Gasteiger partial charge in [0.05, 0.1) is 11.0 Å². The standard InChI is InChI=1S/C10H11ClN4O4/c11-7-2-1-6(5-8(7)15(18)19)10(17)9(16)3-4-13-14-12/h1-2,5,9-10,16-17H,3-4H2. The number of azide groups is 1. The average molecular weight is 287 g/mol. The van der Waals surface area contributed by atoms with Crippen molar-refractivity contribution in [3.8, 4) is 0 Å². The molecule has 1 aromatic rings. The molecule has 0 bridgehead atoms. The molecule has 0 saturated heterocycles. The minimum Gasteiger partial charge on any atom is -0.390 e. The second-order valence-electron chi connectivity index (χ2n) is 3.72. The van der Waals surface area contributed by atoms with Gasteiger partial charge in [-0.25, -0.2) is 0 Å². The molecule has 102 valence electrons. The van der Waals surface area contributed by atoms with Crippen LogP contribution in [0, 0.1) is 10.1 Å². The van der Waals surface area contributed by atoms with E-state index in [4.69, 9.17) is 17.1 Å². The van der Waals surface area contributed by atoms with Gasteiger partial charge in [-0.3, -0.25) is 10.1 Å². The van der Waals surface area contributed by atoms with Crippen molar-refractivity contribution in [1.82, 2.24) is 0 Å². The van der Waals surface area contributed by atoms with Crippen LogP contribution < -0.4 is 0 Å². The first-order valence-corrected chi connectivity index (χ1v) is 5.66. The maximum Gasteiger partial charge on any atom is 0.288 e. The van der Waals surface area contributed by atoms with Gasteiger partial charge in [-0.15, -0.1) is 0 Å². The summed E-state index contributed by atoms with van der Waals surface area (Å²) in [5.41, 5.74) is 7.91. The molecule has 1 aromatic carbocycles. The van der Waals surface area contributed by atoms with Gasteiger partial charge in [0.1, 0.15) is 11.1 Å². The lowest BCUT2D eigenvalue weighted by molar-refractivity contribution is -0.384. The lowest BCUT2D eigenvalue weighted by Crippen LogP contribution is -2.19. The number of benzene rings is 1. The van der Waals surface area contributed by atoms with Gasteiger partial charge < -0.3 is 10.2 Å². The summed E-state index contributed by atoms with van der Waals surface area (Å²) in [6.45, 7) is 0.0183. The lowest BCUT2D eigenvalue weighted by Gasteiger charge is -2.17. The quantitative estimate of drug-likeness (QED) is 0.273. The van der Waals surface area contributed by atoms with E-state index in [-0.39, 0.29) is 29.2 Å². The van der Waals surface area contributed by atoms with Crippen LogP contribution in [-0.2, 0) is 0 Å². The van der Waals surface area contributed by atoms with E-state index < -0.39 is 17.1 Å². The van der Waals surface area contributed by atoms with E-state index in [1.165, 1.54) is 12.1 Å². The van der Waals surface area contributed by atoms with Crippen molar-refractivity contribution < 1.29 is 15.1 Å². The molecule has 0 aliphatic carbocycles. The molecule has 9 heteroatoms. The number of nitrogens with zero attached hydrogens (tertiary/aromatic N) is 4. The first kappa shape index (κ1) is 15.2. The van der Waals surface area contributed by atoms with Crippen molar-refractivity contribution in [2.75, 3.05) is 6.54 Å². The maximum absolute atomic E-state index is 10.7. The van der Waals surface area contributed by atoms with Gasteiger partial charge in [0, 0.05) is 17.5 Å². The fraction of sp³-hybridized carbons (Fsp3) is 0.400. The summed E-state index contributed by atoms with van der Waals surface area (Å²) in [6, 6.07) is 3.76. The zero-order valence-corrected chi connectivity index (χ0v) is 10.4. The highest BCUT2D eigenvalue weighted by Gasteiger charge is 2.21. The molecule has 0 aliphatic heterocycles. The third-order valence-electron chi connectivity index (χ3n) is 2.46. The largest absolute Gasteiger partial charge is 0.390 e. The number of hydrogen-bond acceptors (Lipinski definition) is 5. The van der Waals surface area contributed by atoms with Gasteiger partial charge >= 0.3 is 0 Å².